The van der Waals surface area contributed by atoms with Gasteiger partial charge in [0.15, 0.2) is 0 Å². The van der Waals surface area contributed by atoms with Crippen LogP contribution in [0.15, 0.2) is 24.3 Å². The molecule has 1 amide bonds. The summed E-state index contributed by atoms with van der Waals surface area (Å²) < 4.78 is 38.1. The van der Waals surface area contributed by atoms with E-state index in [0.717, 1.165) is 0 Å². The maximum Gasteiger partial charge on any atom is 0.391 e. The van der Waals surface area contributed by atoms with Crippen molar-refractivity contribution in [1.82, 2.24) is 0 Å². The first kappa shape index (κ1) is 15.2. The van der Waals surface area contributed by atoms with Gasteiger partial charge in [-0.05, 0) is 43.5 Å². The number of alkyl halides is 3. The number of carbonyl (C=O) groups is 1. The van der Waals surface area contributed by atoms with E-state index in [4.69, 9.17) is 11.6 Å². The molecule has 6 heteroatoms. The van der Waals surface area contributed by atoms with E-state index < -0.39 is 18.0 Å². The largest absolute Gasteiger partial charge is 0.391 e. The van der Waals surface area contributed by atoms with Gasteiger partial charge in [-0.25, -0.2) is 0 Å². The molecule has 1 aromatic carbocycles. The molecule has 1 N–H and O–H groups in total. The molecule has 2 nitrogen and oxygen atoms in total. The molecule has 1 aliphatic carbocycles. The summed E-state index contributed by atoms with van der Waals surface area (Å²) in [5, 5.41) is 3.19. The van der Waals surface area contributed by atoms with Crippen molar-refractivity contribution in [3.8, 4) is 0 Å². The van der Waals surface area contributed by atoms with E-state index in [0.29, 0.717) is 23.6 Å². The minimum Gasteiger partial charge on any atom is -0.326 e. The molecule has 0 spiro atoms. The van der Waals surface area contributed by atoms with Crippen molar-refractivity contribution in [2.24, 2.45) is 11.8 Å². The highest BCUT2D eigenvalue weighted by molar-refractivity contribution is 6.30. The Kier molecular flexibility index (Phi) is 4.58. The van der Waals surface area contributed by atoms with Crippen molar-refractivity contribution in [2.45, 2.75) is 31.9 Å². The van der Waals surface area contributed by atoms with Gasteiger partial charge in [-0.1, -0.05) is 18.0 Å². The van der Waals surface area contributed by atoms with Gasteiger partial charge in [-0.3, -0.25) is 4.79 Å². The van der Waals surface area contributed by atoms with Crippen LogP contribution in [0.25, 0.3) is 0 Å². The monoisotopic (exact) mass is 305 g/mol. The van der Waals surface area contributed by atoms with Crippen molar-refractivity contribution in [2.75, 3.05) is 5.32 Å². The molecule has 2 atom stereocenters. The number of hydrogen-bond donors (Lipinski definition) is 1. The second-order valence-corrected chi connectivity index (χ2v) is 5.53. The first-order valence-electron chi connectivity index (χ1n) is 6.49. The number of amides is 1. The van der Waals surface area contributed by atoms with Gasteiger partial charge in [0.1, 0.15) is 0 Å². The molecule has 0 bridgehead atoms. The molecule has 0 aliphatic heterocycles. The standard InChI is InChI=1S/C14H15ClF3NO/c15-11-4-6-12(7-5-11)19-13(20)9-2-1-3-10(8-9)14(16,17)18/h4-7,9-10H,1-3,8H2,(H,19,20). The quantitative estimate of drug-likeness (QED) is 0.847. The fourth-order valence-electron chi connectivity index (χ4n) is 2.50. The lowest BCUT2D eigenvalue weighted by molar-refractivity contribution is -0.185. The van der Waals surface area contributed by atoms with E-state index in [1.54, 1.807) is 24.3 Å². The van der Waals surface area contributed by atoms with Crippen molar-refractivity contribution in [3.63, 3.8) is 0 Å². The molecule has 1 aromatic rings. The van der Waals surface area contributed by atoms with Crippen LogP contribution in [-0.4, -0.2) is 12.1 Å². The van der Waals surface area contributed by atoms with Crippen LogP contribution in [-0.2, 0) is 4.79 Å². The lowest BCUT2D eigenvalue weighted by Crippen LogP contribution is -2.34. The smallest absolute Gasteiger partial charge is 0.326 e. The normalized spacial score (nSPS) is 23.4. The van der Waals surface area contributed by atoms with Crippen molar-refractivity contribution >= 4 is 23.2 Å². The van der Waals surface area contributed by atoms with E-state index in [1.165, 1.54) is 0 Å². The summed E-state index contributed by atoms with van der Waals surface area (Å²) in [6, 6.07) is 6.50. The summed E-state index contributed by atoms with van der Waals surface area (Å²) in [5.41, 5.74) is 0.550. The van der Waals surface area contributed by atoms with E-state index in [9.17, 15) is 18.0 Å². The number of carbonyl (C=O) groups excluding carboxylic acids is 1. The molecule has 1 saturated carbocycles. The first-order valence-corrected chi connectivity index (χ1v) is 6.87. The van der Waals surface area contributed by atoms with Crippen LogP contribution < -0.4 is 5.32 Å². The molecule has 2 unspecified atom stereocenters. The molecule has 2 rings (SSSR count). The average molecular weight is 306 g/mol. The molecule has 20 heavy (non-hydrogen) atoms. The second kappa shape index (κ2) is 6.04. The number of nitrogens with one attached hydrogen (secondary N) is 1. The Bertz CT molecular complexity index is 472. The molecular formula is C14H15ClF3NO. The Balaban J connectivity index is 1.97. The van der Waals surface area contributed by atoms with Crippen molar-refractivity contribution < 1.29 is 18.0 Å². The highest BCUT2D eigenvalue weighted by atomic mass is 35.5. The number of hydrogen-bond acceptors (Lipinski definition) is 1. The SMILES string of the molecule is O=C(Nc1ccc(Cl)cc1)C1CCCC(C(F)(F)F)C1. The molecule has 1 aliphatic rings. The Morgan fingerprint density at radius 1 is 1.20 bits per heavy atom. The summed E-state index contributed by atoms with van der Waals surface area (Å²) >= 11 is 5.73. The van der Waals surface area contributed by atoms with E-state index in [2.05, 4.69) is 5.32 Å². The molecule has 0 radical (unpaired) electrons. The van der Waals surface area contributed by atoms with Gasteiger partial charge in [0.25, 0.3) is 0 Å². The van der Waals surface area contributed by atoms with E-state index >= 15 is 0 Å². The fraction of sp³-hybridized carbons (Fsp3) is 0.500. The third-order valence-electron chi connectivity index (χ3n) is 3.62. The van der Waals surface area contributed by atoms with Crippen LogP contribution in [0.1, 0.15) is 25.7 Å². The van der Waals surface area contributed by atoms with E-state index in [-0.39, 0.29) is 18.7 Å². The predicted molar refractivity (Wildman–Crippen MR) is 71.6 cm³/mol. The molecule has 0 heterocycles. The molecule has 0 aromatic heterocycles. The van der Waals surface area contributed by atoms with Gasteiger partial charge in [-0.15, -0.1) is 0 Å². The minimum absolute atomic E-state index is 0.119. The highest BCUT2D eigenvalue weighted by Gasteiger charge is 2.43. The Hall–Kier alpha value is -1.23. The van der Waals surface area contributed by atoms with Gasteiger partial charge in [-0.2, -0.15) is 13.2 Å². The predicted octanol–water partition coefficient (Wildman–Crippen LogP) is 4.65. The lowest BCUT2D eigenvalue weighted by atomic mass is 9.80. The molecule has 110 valence electrons. The average Bonchev–Trinajstić information content (AvgIpc) is 2.40. The number of rotatable bonds is 2. The third kappa shape index (κ3) is 3.88. The van der Waals surface area contributed by atoms with Crippen molar-refractivity contribution in [3.05, 3.63) is 29.3 Å². The van der Waals surface area contributed by atoms with Gasteiger partial charge in [0, 0.05) is 16.6 Å². The van der Waals surface area contributed by atoms with Crippen molar-refractivity contribution in [1.29, 1.82) is 0 Å². The minimum atomic E-state index is -4.21. The summed E-state index contributed by atoms with van der Waals surface area (Å²) in [5.74, 6) is -2.29. The third-order valence-corrected chi connectivity index (χ3v) is 3.87. The van der Waals surface area contributed by atoms with Gasteiger partial charge in [0.05, 0.1) is 5.92 Å². The van der Waals surface area contributed by atoms with Crippen LogP contribution in [0.5, 0.6) is 0 Å². The van der Waals surface area contributed by atoms with Crippen LogP contribution in [0.2, 0.25) is 5.02 Å². The summed E-state index contributed by atoms with van der Waals surface area (Å²) in [4.78, 5) is 12.0. The number of halogens is 4. The molecular weight excluding hydrogens is 291 g/mol. The Morgan fingerprint density at radius 3 is 2.45 bits per heavy atom. The Labute approximate surface area is 120 Å². The fourth-order valence-corrected chi connectivity index (χ4v) is 2.63. The number of benzene rings is 1. The highest BCUT2D eigenvalue weighted by Crippen LogP contribution is 2.40. The van der Waals surface area contributed by atoms with E-state index in [1.807, 2.05) is 0 Å². The summed E-state index contributed by atoms with van der Waals surface area (Å²) in [7, 11) is 0. The maximum atomic E-state index is 12.7. The number of anilines is 1. The lowest BCUT2D eigenvalue weighted by Gasteiger charge is -2.29. The van der Waals surface area contributed by atoms with Gasteiger partial charge < -0.3 is 5.32 Å². The second-order valence-electron chi connectivity index (χ2n) is 5.10. The van der Waals surface area contributed by atoms with Crippen LogP contribution >= 0.6 is 11.6 Å². The Morgan fingerprint density at radius 2 is 1.85 bits per heavy atom. The first-order chi connectivity index (χ1) is 9.36. The summed E-state index contributed by atoms with van der Waals surface area (Å²) in [6.07, 6.45) is -3.27. The van der Waals surface area contributed by atoms with Gasteiger partial charge >= 0.3 is 6.18 Å². The topological polar surface area (TPSA) is 29.1 Å². The maximum absolute atomic E-state index is 12.7. The zero-order valence-electron chi connectivity index (χ0n) is 10.7. The zero-order valence-corrected chi connectivity index (χ0v) is 11.5. The summed E-state index contributed by atoms with van der Waals surface area (Å²) in [6.45, 7) is 0. The van der Waals surface area contributed by atoms with Crippen LogP contribution in [0.4, 0.5) is 18.9 Å². The molecule has 0 saturated heterocycles. The molecule has 1 fully saturated rings. The van der Waals surface area contributed by atoms with Gasteiger partial charge in [0.2, 0.25) is 5.91 Å². The zero-order chi connectivity index (χ0) is 14.8. The van der Waals surface area contributed by atoms with Crippen LogP contribution in [0, 0.1) is 11.8 Å². The van der Waals surface area contributed by atoms with Crippen LogP contribution in [0.3, 0.4) is 0 Å².